The molecule has 0 bridgehead atoms. The number of hydrogen-bond donors (Lipinski definition) is 0. The molecule has 1 unspecified atom stereocenters. The predicted molar refractivity (Wildman–Crippen MR) is 84.5 cm³/mol. The van der Waals surface area contributed by atoms with E-state index in [2.05, 4.69) is 15.9 Å². The third-order valence-electron chi connectivity index (χ3n) is 3.16. The van der Waals surface area contributed by atoms with Gasteiger partial charge in [0.1, 0.15) is 12.6 Å². The fraction of sp³-hybridized carbons (Fsp3) is 0.467. The van der Waals surface area contributed by atoms with Gasteiger partial charge in [-0.15, -0.1) is 0 Å². The topological polar surface area (TPSA) is 55.8 Å². The van der Waals surface area contributed by atoms with Gasteiger partial charge in [-0.25, -0.2) is 4.79 Å². The summed E-state index contributed by atoms with van der Waals surface area (Å²) in [6.45, 7) is 5.32. The number of ether oxygens (including phenoxy) is 2. The van der Waals surface area contributed by atoms with Crippen molar-refractivity contribution < 1.29 is 19.1 Å². The molecule has 0 aliphatic carbocycles. The number of hydrogen-bond acceptors (Lipinski definition) is 4. The lowest BCUT2D eigenvalue weighted by Gasteiger charge is -2.30. The Bertz CT molecular complexity index is 521. The molecule has 0 aliphatic heterocycles. The second-order valence-corrected chi connectivity index (χ2v) is 5.70. The van der Waals surface area contributed by atoms with Crippen molar-refractivity contribution in [2.75, 3.05) is 25.7 Å². The summed E-state index contributed by atoms with van der Waals surface area (Å²) in [7, 11) is 2.75. The zero-order chi connectivity index (χ0) is 16.2. The van der Waals surface area contributed by atoms with Crippen LogP contribution in [0.25, 0.3) is 0 Å². The number of carbonyl (C=O) groups excluding carboxylic acids is 2. The van der Waals surface area contributed by atoms with E-state index < -0.39 is 12.0 Å². The maximum atomic E-state index is 12.4. The summed E-state index contributed by atoms with van der Waals surface area (Å²) in [5, 5.41) is 0. The molecule has 0 saturated carbocycles. The standard InChI is InChI=1S/C15H20BrNO4/c1-9-6-12(16)7-10(2)14(9)17(13(18)8-20-4)11(3)15(19)21-5/h6-7,11H,8H2,1-5H3. The largest absolute Gasteiger partial charge is 0.467 e. The van der Waals surface area contributed by atoms with Gasteiger partial charge < -0.3 is 9.47 Å². The average Bonchev–Trinajstić information content (AvgIpc) is 2.41. The second kappa shape index (κ2) is 7.56. The van der Waals surface area contributed by atoms with Crippen LogP contribution in [0.15, 0.2) is 16.6 Å². The number of benzene rings is 1. The number of esters is 1. The highest BCUT2D eigenvalue weighted by atomic mass is 79.9. The normalized spacial score (nSPS) is 11.9. The molecule has 21 heavy (non-hydrogen) atoms. The van der Waals surface area contributed by atoms with Crippen molar-refractivity contribution in [2.45, 2.75) is 26.8 Å². The van der Waals surface area contributed by atoms with Gasteiger partial charge in [0.2, 0.25) is 0 Å². The van der Waals surface area contributed by atoms with Gasteiger partial charge in [-0.2, -0.15) is 0 Å². The lowest BCUT2D eigenvalue weighted by Crippen LogP contribution is -2.46. The van der Waals surface area contributed by atoms with Crippen LogP contribution in [-0.4, -0.2) is 38.7 Å². The number of halogens is 1. The molecule has 0 heterocycles. The van der Waals surface area contributed by atoms with Crippen molar-refractivity contribution in [1.82, 2.24) is 0 Å². The molecule has 0 aliphatic rings. The molecule has 0 fully saturated rings. The number of aryl methyl sites for hydroxylation is 2. The van der Waals surface area contributed by atoms with E-state index in [9.17, 15) is 9.59 Å². The fourth-order valence-corrected chi connectivity index (χ4v) is 2.97. The Morgan fingerprint density at radius 2 is 1.76 bits per heavy atom. The van der Waals surface area contributed by atoms with Crippen molar-refractivity contribution in [2.24, 2.45) is 0 Å². The van der Waals surface area contributed by atoms with Gasteiger partial charge in [-0.3, -0.25) is 9.69 Å². The maximum Gasteiger partial charge on any atom is 0.328 e. The van der Waals surface area contributed by atoms with E-state index in [0.717, 1.165) is 15.6 Å². The van der Waals surface area contributed by atoms with E-state index in [-0.39, 0.29) is 12.5 Å². The zero-order valence-electron chi connectivity index (χ0n) is 12.9. The van der Waals surface area contributed by atoms with Crippen LogP contribution in [0.4, 0.5) is 5.69 Å². The summed E-state index contributed by atoms with van der Waals surface area (Å²) in [4.78, 5) is 25.7. The maximum absolute atomic E-state index is 12.4. The molecule has 1 rings (SSSR count). The van der Waals surface area contributed by atoms with E-state index in [1.54, 1.807) is 6.92 Å². The number of methoxy groups -OCH3 is 2. The average molecular weight is 358 g/mol. The van der Waals surface area contributed by atoms with Crippen LogP contribution in [0, 0.1) is 13.8 Å². The lowest BCUT2D eigenvalue weighted by atomic mass is 10.1. The van der Waals surface area contributed by atoms with Gasteiger partial charge in [-0.05, 0) is 44.0 Å². The quantitative estimate of drug-likeness (QED) is 0.760. The first kappa shape index (κ1) is 17.7. The molecular weight excluding hydrogens is 338 g/mol. The van der Waals surface area contributed by atoms with Crippen LogP contribution in [0.1, 0.15) is 18.1 Å². The van der Waals surface area contributed by atoms with Crippen molar-refractivity contribution >= 4 is 33.5 Å². The first-order valence-corrected chi connectivity index (χ1v) is 7.28. The summed E-state index contributed by atoms with van der Waals surface area (Å²) >= 11 is 3.42. The molecule has 0 spiro atoms. The molecule has 116 valence electrons. The van der Waals surface area contributed by atoms with Crippen molar-refractivity contribution in [3.63, 3.8) is 0 Å². The Hall–Kier alpha value is -1.40. The Labute approximate surface area is 133 Å². The number of rotatable bonds is 5. The van der Waals surface area contributed by atoms with E-state index in [1.165, 1.54) is 19.1 Å². The van der Waals surface area contributed by atoms with E-state index in [0.29, 0.717) is 5.69 Å². The second-order valence-electron chi connectivity index (χ2n) is 4.78. The molecule has 1 aromatic rings. The summed E-state index contributed by atoms with van der Waals surface area (Å²) in [6, 6.07) is 3.08. The van der Waals surface area contributed by atoms with Crippen LogP contribution in [0.3, 0.4) is 0 Å². The summed E-state index contributed by atoms with van der Waals surface area (Å²) in [6.07, 6.45) is 0. The number of carbonyl (C=O) groups is 2. The van der Waals surface area contributed by atoms with Gasteiger partial charge in [-0.1, -0.05) is 15.9 Å². The van der Waals surface area contributed by atoms with Gasteiger partial charge in [0.05, 0.1) is 12.8 Å². The monoisotopic (exact) mass is 357 g/mol. The first-order valence-electron chi connectivity index (χ1n) is 6.49. The molecule has 0 radical (unpaired) electrons. The highest BCUT2D eigenvalue weighted by molar-refractivity contribution is 9.10. The van der Waals surface area contributed by atoms with Crippen LogP contribution in [0.5, 0.6) is 0 Å². The zero-order valence-corrected chi connectivity index (χ0v) is 14.5. The fourth-order valence-electron chi connectivity index (χ4n) is 2.29. The Morgan fingerprint density at radius 3 is 2.19 bits per heavy atom. The molecule has 0 N–H and O–H groups in total. The third-order valence-corrected chi connectivity index (χ3v) is 3.62. The Balaban J connectivity index is 3.37. The highest BCUT2D eigenvalue weighted by Crippen LogP contribution is 2.30. The third kappa shape index (κ3) is 4.04. The predicted octanol–water partition coefficient (Wildman–Crippen LogP) is 2.61. The minimum atomic E-state index is -0.726. The number of amides is 1. The molecular formula is C15H20BrNO4. The summed E-state index contributed by atoms with van der Waals surface area (Å²) in [5.41, 5.74) is 2.49. The molecule has 0 saturated heterocycles. The minimum absolute atomic E-state index is 0.101. The summed E-state index contributed by atoms with van der Waals surface area (Å²) in [5.74, 6) is -0.759. The molecule has 6 heteroatoms. The van der Waals surface area contributed by atoms with Crippen LogP contribution >= 0.6 is 15.9 Å². The number of anilines is 1. The van der Waals surface area contributed by atoms with Crippen LogP contribution < -0.4 is 4.90 Å². The van der Waals surface area contributed by atoms with Crippen LogP contribution in [0.2, 0.25) is 0 Å². The molecule has 1 amide bonds. The molecule has 1 aromatic carbocycles. The minimum Gasteiger partial charge on any atom is -0.467 e. The molecule has 5 nitrogen and oxygen atoms in total. The van der Waals surface area contributed by atoms with Gasteiger partial charge >= 0.3 is 5.97 Å². The SMILES string of the molecule is COCC(=O)N(c1c(C)cc(Br)cc1C)C(C)C(=O)OC. The lowest BCUT2D eigenvalue weighted by molar-refractivity contribution is -0.143. The number of nitrogens with zero attached hydrogens (tertiary/aromatic N) is 1. The van der Waals surface area contributed by atoms with Crippen LogP contribution in [-0.2, 0) is 19.1 Å². The van der Waals surface area contributed by atoms with Gasteiger partial charge in [0, 0.05) is 11.6 Å². The van der Waals surface area contributed by atoms with E-state index in [1.807, 2.05) is 26.0 Å². The van der Waals surface area contributed by atoms with Gasteiger partial charge in [0.25, 0.3) is 5.91 Å². The Kier molecular flexibility index (Phi) is 6.36. The Morgan fingerprint density at radius 1 is 1.24 bits per heavy atom. The summed E-state index contributed by atoms with van der Waals surface area (Å²) < 4.78 is 10.6. The van der Waals surface area contributed by atoms with Crippen molar-refractivity contribution in [1.29, 1.82) is 0 Å². The highest BCUT2D eigenvalue weighted by Gasteiger charge is 2.30. The van der Waals surface area contributed by atoms with Gasteiger partial charge in [0.15, 0.2) is 0 Å². The van der Waals surface area contributed by atoms with E-state index in [4.69, 9.17) is 9.47 Å². The molecule has 0 aromatic heterocycles. The van der Waals surface area contributed by atoms with Crippen molar-refractivity contribution in [3.05, 3.63) is 27.7 Å². The molecule has 1 atom stereocenters. The van der Waals surface area contributed by atoms with Crippen molar-refractivity contribution in [3.8, 4) is 0 Å². The first-order chi connectivity index (χ1) is 9.83. The van der Waals surface area contributed by atoms with E-state index >= 15 is 0 Å². The smallest absolute Gasteiger partial charge is 0.328 e.